The first-order valence-electron chi connectivity index (χ1n) is 8.81. The number of sulfonamides is 1. The largest absolute Gasteiger partial charge is 0.483 e. The highest BCUT2D eigenvalue weighted by atomic mass is 35.5. The molecule has 0 spiro atoms. The number of halogens is 2. The minimum Gasteiger partial charge on any atom is -0.483 e. The number of nitrogens with one attached hydrogen (secondary N) is 2. The van der Waals surface area contributed by atoms with Crippen LogP contribution in [0.2, 0.25) is 10.0 Å². The Hall–Kier alpha value is -2.74. The predicted molar refractivity (Wildman–Crippen MR) is 119 cm³/mol. The zero-order chi connectivity index (χ0) is 21.7. The van der Waals surface area contributed by atoms with Gasteiger partial charge >= 0.3 is 0 Å². The van der Waals surface area contributed by atoms with Crippen molar-refractivity contribution in [2.24, 2.45) is 0 Å². The molecular formula is C21H18Cl2N2O4S. The number of ether oxygens (including phenoxy) is 1. The second-order valence-electron chi connectivity index (χ2n) is 6.36. The van der Waals surface area contributed by atoms with Crippen LogP contribution in [0.3, 0.4) is 0 Å². The summed E-state index contributed by atoms with van der Waals surface area (Å²) in [4.78, 5) is 12.2. The van der Waals surface area contributed by atoms with Crippen LogP contribution in [-0.4, -0.2) is 20.9 Å². The molecule has 0 fully saturated rings. The lowest BCUT2D eigenvalue weighted by molar-refractivity contribution is -0.118. The van der Waals surface area contributed by atoms with E-state index in [1.165, 1.54) is 24.3 Å². The van der Waals surface area contributed by atoms with E-state index in [0.717, 1.165) is 0 Å². The van der Waals surface area contributed by atoms with Crippen LogP contribution in [-0.2, 0) is 14.8 Å². The molecule has 0 saturated carbocycles. The summed E-state index contributed by atoms with van der Waals surface area (Å²) in [6, 6.07) is 17.7. The minimum atomic E-state index is -3.74. The van der Waals surface area contributed by atoms with Crippen LogP contribution < -0.4 is 14.8 Å². The average Bonchev–Trinajstić information content (AvgIpc) is 2.69. The molecule has 156 valence electrons. The third-order valence-corrected chi connectivity index (χ3v) is 5.97. The minimum absolute atomic E-state index is 0.0913. The molecule has 0 aliphatic rings. The highest BCUT2D eigenvalue weighted by Gasteiger charge is 2.16. The second-order valence-corrected chi connectivity index (χ2v) is 8.89. The van der Waals surface area contributed by atoms with E-state index in [2.05, 4.69) is 10.0 Å². The summed E-state index contributed by atoms with van der Waals surface area (Å²) in [7, 11) is -3.74. The zero-order valence-corrected chi connectivity index (χ0v) is 18.2. The van der Waals surface area contributed by atoms with Crippen LogP contribution >= 0.6 is 23.2 Å². The fraction of sp³-hybridized carbons (Fsp3) is 0.0952. The number of benzene rings is 3. The molecule has 3 aromatic carbocycles. The molecule has 0 aromatic heterocycles. The number of para-hydroxylation sites is 1. The Morgan fingerprint density at radius 1 is 1.00 bits per heavy atom. The molecule has 30 heavy (non-hydrogen) atoms. The van der Waals surface area contributed by atoms with Gasteiger partial charge in [-0.3, -0.25) is 9.52 Å². The Balaban J connectivity index is 1.64. The molecule has 0 heterocycles. The van der Waals surface area contributed by atoms with Crippen LogP contribution in [0.5, 0.6) is 5.75 Å². The number of hydrogen-bond acceptors (Lipinski definition) is 4. The van der Waals surface area contributed by atoms with Crippen LogP contribution in [0.25, 0.3) is 0 Å². The summed E-state index contributed by atoms with van der Waals surface area (Å²) in [5.74, 6) is -0.0212. The van der Waals surface area contributed by atoms with Crippen molar-refractivity contribution < 1.29 is 17.9 Å². The molecule has 0 aliphatic carbocycles. The number of carbonyl (C=O) groups is 1. The molecule has 0 radical (unpaired) electrons. The monoisotopic (exact) mass is 464 g/mol. The predicted octanol–water partition coefficient (Wildman–Crippen LogP) is 5.12. The lowest BCUT2D eigenvalue weighted by Crippen LogP contribution is -2.20. The van der Waals surface area contributed by atoms with Gasteiger partial charge in [0.15, 0.2) is 6.61 Å². The fourth-order valence-electron chi connectivity index (χ4n) is 2.59. The first-order chi connectivity index (χ1) is 14.2. The molecule has 9 heteroatoms. The second kappa shape index (κ2) is 9.38. The van der Waals surface area contributed by atoms with Crippen molar-refractivity contribution >= 4 is 50.5 Å². The van der Waals surface area contributed by atoms with E-state index in [0.29, 0.717) is 32.7 Å². The van der Waals surface area contributed by atoms with Crippen molar-refractivity contribution in [3.05, 3.63) is 82.3 Å². The summed E-state index contributed by atoms with van der Waals surface area (Å²) in [5, 5.41) is 3.40. The van der Waals surface area contributed by atoms with Crippen molar-refractivity contribution in [1.29, 1.82) is 0 Å². The SMILES string of the molecule is Cc1cc(S(=O)(=O)Nc2ccccc2)ccc1OCC(=O)Nc1ccc(Cl)cc1Cl. The van der Waals surface area contributed by atoms with Gasteiger partial charge < -0.3 is 10.1 Å². The highest BCUT2D eigenvalue weighted by Crippen LogP contribution is 2.26. The third-order valence-electron chi connectivity index (χ3n) is 4.05. The summed E-state index contributed by atoms with van der Waals surface area (Å²) in [6.07, 6.45) is 0. The van der Waals surface area contributed by atoms with Gasteiger partial charge in [0.1, 0.15) is 5.75 Å². The third kappa shape index (κ3) is 5.66. The fourth-order valence-corrected chi connectivity index (χ4v) is 4.19. The van der Waals surface area contributed by atoms with Crippen molar-refractivity contribution in [3.63, 3.8) is 0 Å². The van der Waals surface area contributed by atoms with E-state index >= 15 is 0 Å². The Labute approximate surface area is 184 Å². The summed E-state index contributed by atoms with van der Waals surface area (Å²) in [5.41, 5.74) is 1.45. The normalized spacial score (nSPS) is 11.0. The van der Waals surface area contributed by atoms with E-state index in [1.54, 1.807) is 49.4 Å². The van der Waals surface area contributed by atoms with Crippen LogP contribution in [0.1, 0.15) is 5.56 Å². The zero-order valence-electron chi connectivity index (χ0n) is 15.9. The number of aryl methyl sites for hydroxylation is 1. The molecule has 1 amide bonds. The first-order valence-corrected chi connectivity index (χ1v) is 11.0. The Bertz CT molecular complexity index is 1170. The Morgan fingerprint density at radius 2 is 1.73 bits per heavy atom. The molecule has 6 nitrogen and oxygen atoms in total. The van der Waals surface area contributed by atoms with E-state index in [1.807, 2.05) is 0 Å². The van der Waals surface area contributed by atoms with Gasteiger partial charge in [0.05, 0.1) is 15.6 Å². The van der Waals surface area contributed by atoms with Gasteiger partial charge in [-0.1, -0.05) is 41.4 Å². The molecule has 2 N–H and O–H groups in total. The van der Waals surface area contributed by atoms with Gasteiger partial charge in [0.2, 0.25) is 0 Å². The molecule has 3 rings (SSSR count). The highest BCUT2D eigenvalue weighted by molar-refractivity contribution is 7.92. The van der Waals surface area contributed by atoms with Crippen molar-refractivity contribution in [2.45, 2.75) is 11.8 Å². The maximum Gasteiger partial charge on any atom is 0.262 e. The van der Waals surface area contributed by atoms with E-state index < -0.39 is 15.9 Å². The van der Waals surface area contributed by atoms with Crippen LogP contribution in [0, 0.1) is 6.92 Å². The molecular weight excluding hydrogens is 447 g/mol. The van der Waals surface area contributed by atoms with Gasteiger partial charge in [0, 0.05) is 10.7 Å². The Kier molecular flexibility index (Phi) is 6.87. The van der Waals surface area contributed by atoms with E-state index in [9.17, 15) is 13.2 Å². The van der Waals surface area contributed by atoms with Crippen molar-refractivity contribution in [1.82, 2.24) is 0 Å². The molecule has 3 aromatic rings. The van der Waals surface area contributed by atoms with Gasteiger partial charge in [-0.25, -0.2) is 8.42 Å². The summed E-state index contributed by atoms with van der Waals surface area (Å²) < 4.78 is 33.1. The number of amides is 1. The number of carbonyl (C=O) groups excluding carboxylic acids is 1. The van der Waals surface area contributed by atoms with Gasteiger partial charge in [0.25, 0.3) is 15.9 Å². The first kappa shape index (κ1) is 22.0. The summed E-state index contributed by atoms with van der Waals surface area (Å²) >= 11 is 11.9. The standard InChI is InChI=1S/C21H18Cl2N2O4S/c1-14-11-17(30(27,28)25-16-5-3-2-4-6-16)8-10-20(14)29-13-21(26)24-19-9-7-15(22)12-18(19)23/h2-12,25H,13H2,1H3,(H,24,26). The van der Waals surface area contributed by atoms with Crippen LogP contribution in [0.4, 0.5) is 11.4 Å². The average molecular weight is 465 g/mol. The maximum absolute atomic E-state index is 12.6. The molecule has 0 atom stereocenters. The van der Waals surface area contributed by atoms with Gasteiger partial charge in [-0.15, -0.1) is 0 Å². The topological polar surface area (TPSA) is 84.5 Å². The lowest BCUT2D eigenvalue weighted by Gasteiger charge is -2.13. The van der Waals surface area contributed by atoms with Crippen molar-refractivity contribution in [2.75, 3.05) is 16.6 Å². The summed E-state index contributed by atoms with van der Waals surface area (Å²) in [6.45, 7) is 1.43. The van der Waals surface area contributed by atoms with Gasteiger partial charge in [-0.05, 0) is 61.0 Å². The Morgan fingerprint density at radius 3 is 2.40 bits per heavy atom. The molecule has 0 bridgehead atoms. The number of anilines is 2. The lowest BCUT2D eigenvalue weighted by atomic mass is 10.2. The molecule has 0 unspecified atom stereocenters. The molecule has 0 saturated heterocycles. The van der Waals surface area contributed by atoms with E-state index in [-0.39, 0.29) is 11.5 Å². The number of rotatable bonds is 7. The smallest absolute Gasteiger partial charge is 0.262 e. The van der Waals surface area contributed by atoms with E-state index in [4.69, 9.17) is 27.9 Å². The number of hydrogen-bond donors (Lipinski definition) is 2. The molecule has 0 aliphatic heterocycles. The van der Waals surface area contributed by atoms with Gasteiger partial charge in [-0.2, -0.15) is 0 Å². The maximum atomic E-state index is 12.6. The van der Waals surface area contributed by atoms with Crippen LogP contribution in [0.15, 0.2) is 71.6 Å². The quantitative estimate of drug-likeness (QED) is 0.507. The van der Waals surface area contributed by atoms with Crippen molar-refractivity contribution in [3.8, 4) is 5.75 Å².